The third kappa shape index (κ3) is 3.31. The largest absolute Gasteiger partial charge is 0.325 e. The predicted octanol–water partition coefficient (Wildman–Crippen LogP) is 1.39. The SMILES string of the molecule is CC(C)c1cccc(NC(=O)CN2CC(N)C2)c1. The minimum absolute atomic E-state index is 0.0304. The molecular formula is C14H21N3O. The highest BCUT2D eigenvalue weighted by molar-refractivity contribution is 5.92. The van der Waals surface area contributed by atoms with E-state index in [2.05, 4.69) is 25.2 Å². The molecule has 0 unspecified atom stereocenters. The van der Waals surface area contributed by atoms with Gasteiger partial charge in [-0.25, -0.2) is 0 Å². The molecule has 0 spiro atoms. The van der Waals surface area contributed by atoms with Crippen LogP contribution in [0.3, 0.4) is 0 Å². The number of carbonyl (C=O) groups is 1. The van der Waals surface area contributed by atoms with E-state index in [0.717, 1.165) is 18.8 Å². The van der Waals surface area contributed by atoms with Crippen LogP contribution in [0.5, 0.6) is 0 Å². The smallest absolute Gasteiger partial charge is 0.238 e. The lowest BCUT2D eigenvalue weighted by Crippen LogP contribution is -2.57. The summed E-state index contributed by atoms with van der Waals surface area (Å²) in [4.78, 5) is 13.9. The number of anilines is 1. The number of carbonyl (C=O) groups excluding carboxylic acids is 1. The van der Waals surface area contributed by atoms with Gasteiger partial charge in [-0.1, -0.05) is 26.0 Å². The van der Waals surface area contributed by atoms with Crippen LogP contribution in [0.1, 0.15) is 25.3 Å². The van der Waals surface area contributed by atoms with Crippen LogP contribution >= 0.6 is 0 Å². The van der Waals surface area contributed by atoms with Gasteiger partial charge >= 0.3 is 0 Å². The van der Waals surface area contributed by atoms with Gasteiger partial charge in [0.05, 0.1) is 6.54 Å². The molecule has 0 bridgehead atoms. The minimum atomic E-state index is 0.0304. The van der Waals surface area contributed by atoms with E-state index in [1.165, 1.54) is 5.56 Å². The Balaban J connectivity index is 1.88. The normalized spacial score (nSPS) is 16.7. The van der Waals surface area contributed by atoms with Crippen molar-refractivity contribution in [3.05, 3.63) is 29.8 Å². The maximum Gasteiger partial charge on any atom is 0.238 e. The maximum absolute atomic E-state index is 11.8. The first kappa shape index (κ1) is 13.1. The monoisotopic (exact) mass is 247 g/mol. The molecule has 4 heteroatoms. The van der Waals surface area contributed by atoms with Crippen LogP contribution in [0, 0.1) is 0 Å². The van der Waals surface area contributed by atoms with Crippen LogP contribution in [-0.2, 0) is 4.79 Å². The summed E-state index contributed by atoms with van der Waals surface area (Å²) >= 11 is 0. The number of benzene rings is 1. The van der Waals surface area contributed by atoms with Gasteiger partial charge in [0.2, 0.25) is 5.91 Å². The van der Waals surface area contributed by atoms with Gasteiger partial charge in [0.25, 0.3) is 0 Å². The third-order valence-corrected chi connectivity index (χ3v) is 3.19. The van der Waals surface area contributed by atoms with E-state index in [1.54, 1.807) is 0 Å². The van der Waals surface area contributed by atoms with Crippen molar-refractivity contribution >= 4 is 11.6 Å². The molecule has 1 aliphatic heterocycles. The Labute approximate surface area is 108 Å². The number of amides is 1. The van der Waals surface area contributed by atoms with Gasteiger partial charge in [0, 0.05) is 24.8 Å². The molecular weight excluding hydrogens is 226 g/mol. The Kier molecular flexibility index (Phi) is 3.99. The predicted molar refractivity (Wildman–Crippen MR) is 73.6 cm³/mol. The Hall–Kier alpha value is -1.39. The van der Waals surface area contributed by atoms with Crippen molar-refractivity contribution in [1.82, 2.24) is 4.90 Å². The molecule has 18 heavy (non-hydrogen) atoms. The summed E-state index contributed by atoms with van der Waals surface area (Å²) < 4.78 is 0. The molecule has 0 aliphatic carbocycles. The number of nitrogens with zero attached hydrogens (tertiary/aromatic N) is 1. The van der Waals surface area contributed by atoms with Crippen LogP contribution in [0.25, 0.3) is 0 Å². The van der Waals surface area contributed by atoms with Crippen molar-refractivity contribution < 1.29 is 4.79 Å². The van der Waals surface area contributed by atoms with Crippen molar-refractivity contribution in [2.45, 2.75) is 25.8 Å². The van der Waals surface area contributed by atoms with Gasteiger partial charge in [0.1, 0.15) is 0 Å². The number of rotatable bonds is 4. The summed E-state index contributed by atoms with van der Waals surface area (Å²) in [7, 11) is 0. The molecule has 1 aromatic carbocycles. The van der Waals surface area contributed by atoms with Gasteiger partial charge in [-0.2, -0.15) is 0 Å². The molecule has 0 saturated carbocycles. The van der Waals surface area contributed by atoms with E-state index in [9.17, 15) is 4.79 Å². The fourth-order valence-corrected chi connectivity index (χ4v) is 2.12. The van der Waals surface area contributed by atoms with Gasteiger partial charge in [-0.15, -0.1) is 0 Å². The fraction of sp³-hybridized carbons (Fsp3) is 0.500. The molecule has 0 aromatic heterocycles. The lowest BCUT2D eigenvalue weighted by atomic mass is 10.0. The molecule has 4 nitrogen and oxygen atoms in total. The zero-order chi connectivity index (χ0) is 13.1. The fourth-order valence-electron chi connectivity index (χ4n) is 2.12. The maximum atomic E-state index is 11.8. The number of likely N-dealkylation sites (tertiary alicyclic amines) is 1. The summed E-state index contributed by atoms with van der Waals surface area (Å²) in [5.41, 5.74) is 7.78. The van der Waals surface area contributed by atoms with Gasteiger partial charge in [-0.3, -0.25) is 9.69 Å². The number of hydrogen-bond acceptors (Lipinski definition) is 3. The molecule has 1 fully saturated rings. The van der Waals surface area contributed by atoms with Gasteiger partial charge in [-0.05, 0) is 23.6 Å². The third-order valence-electron chi connectivity index (χ3n) is 3.19. The van der Waals surface area contributed by atoms with Crippen molar-refractivity contribution in [2.75, 3.05) is 25.0 Å². The lowest BCUT2D eigenvalue weighted by molar-refractivity contribution is -0.118. The van der Waals surface area contributed by atoms with Gasteiger partial charge in [0.15, 0.2) is 0 Å². The molecule has 0 radical (unpaired) electrons. The number of nitrogens with two attached hydrogens (primary N) is 1. The van der Waals surface area contributed by atoms with Crippen molar-refractivity contribution in [2.24, 2.45) is 5.73 Å². The average molecular weight is 247 g/mol. The molecule has 2 rings (SSSR count). The van der Waals surface area contributed by atoms with Crippen molar-refractivity contribution in [1.29, 1.82) is 0 Å². The zero-order valence-electron chi connectivity index (χ0n) is 11.0. The highest BCUT2D eigenvalue weighted by Gasteiger charge is 2.24. The van der Waals surface area contributed by atoms with Crippen LogP contribution in [0.4, 0.5) is 5.69 Å². The van der Waals surface area contributed by atoms with E-state index in [0.29, 0.717) is 12.5 Å². The quantitative estimate of drug-likeness (QED) is 0.845. The summed E-state index contributed by atoms with van der Waals surface area (Å²) in [5.74, 6) is 0.498. The standard InChI is InChI=1S/C14H21N3O/c1-10(2)11-4-3-5-13(6-11)16-14(18)9-17-7-12(15)8-17/h3-6,10,12H,7-9,15H2,1-2H3,(H,16,18). The van der Waals surface area contributed by atoms with E-state index in [1.807, 2.05) is 23.1 Å². The topological polar surface area (TPSA) is 58.4 Å². The molecule has 1 aromatic rings. The van der Waals surface area contributed by atoms with Crippen LogP contribution < -0.4 is 11.1 Å². The van der Waals surface area contributed by atoms with E-state index in [4.69, 9.17) is 5.73 Å². The summed E-state index contributed by atoms with van der Waals surface area (Å²) in [5, 5.41) is 2.93. The van der Waals surface area contributed by atoms with Crippen molar-refractivity contribution in [3.8, 4) is 0 Å². The molecule has 3 N–H and O–H groups in total. The first-order chi connectivity index (χ1) is 8.54. The first-order valence-corrected chi connectivity index (χ1v) is 6.42. The van der Waals surface area contributed by atoms with E-state index >= 15 is 0 Å². The summed E-state index contributed by atoms with van der Waals surface area (Å²) in [6, 6.07) is 8.25. The molecule has 98 valence electrons. The first-order valence-electron chi connectivity index (χ1n) is 6.42. The second kappa shape index (κ2) is 5.50. The van der Waals surface area contributed by atoms with Crippen LogP contribution in [0.2, 0.25) is 0 Å². The molecule has 1 saturated heterocycles. The molecule has 0 atom stereocenters. The van der Waals surface area contributed by atoms with E-state index < -0.39 is 0 Å². The highest BCUT2D eigenvalue weighted by atomic mass is 16.2. The highest BCUT2D eigenvalue weighted by Crippen LogP contribution is 2.18. The average Bonchev–Trinajstić information content (AvgIpc) is 2.27. The van der Waals surface area contributed by atoms with Crippen molar-refractivity contribution in [3.63, 3.8) is 0 Å². The summed E-state index contributed by atoms with van der Waals surface area (Å²) in [6.07, 6.45) is 0. The Morgan fingerprint density at radius 1 is 1.50 bits per heavy atom. The second-order valence-corrected chi connectivity index (χ2v) is 5.28. The molecule has 1 heterocycles. The minimum Gasteiger partial charge on any atom is -0.325 e. The molecule has 1 aliphatic rings. The summed E-state index contributed by atoms with van der Waals surface area (Å²) in [6.45, 7) is 6.35. The lowest BCUT2D eigenvalue weighted by Gasteiger charge is -2.36. The van der Waals surface area contributed by atoms with E-state index in [-0.39, 0.29) is 11.9 Å². The van der Waals surface area contributed by atoms with Crippen LogP contribution in [-0.4, -0.2) is 36.5 Å². The van der Waals surface area contributed by atoms with Gasteiger partial charge < -0.3 is 11.1 Å². The molecule has 1 amide bonds. The number of nitrogens with one attached hydrogen (secondary N) is 1. The Morgan fingerprint density at radius 2 is 2.22 bits per heavy atom. The zero-order valence-corrected chi connectivity index (χ0v) is 11.0. The van der Waals surface area contributed by atoms with Crippen LogP contribution in [0.15, 0.2) is 24.3 Å². The Morgan fingerprint density at radius 3 is 2.83 bits per heavy atom. The number of hydrogen-bond donors (Lipinski definition) is 2. The second-order valence-electron chi connectivity index (χ2n) is 5.28. The Bertz CT molecular complexity index is 425.